The second-order valence-electron chi connectivity index (χ2n) is 5.51. The van der Waals surface area contributed by atoms with E-state index < -0.39 is 23.1 Å². The number of rotatable bonds is 6. The summed E-state index contributed by atoms with van der Waals surface area (Å²) in [6.45, 7) is 0.848. The molecule has 1 amide bonds. The first-order chi connectivity index (χ1) is 10.5. The van der Waals surface area contributed by atoms with Crippen LogP contribution in [0.1, 0.15) is 18.4 Å². The summed E-state index contributed by atoms with van der Waals surface area (Å²) in [5, 5.41) is 22.0. The Bertz CT molecular complexity index is 542. The molecule has 1 aliphatic rings. The summed E-state index contributed by atoms with van der Waals surface area (Å²) in [5.41, 5.74) is -1.05. The van der Waals surface area contributed by atoms with Crippen molar-refractivity contribution in [2.45, 2.75) is 25.0 Å². The highest BCUT2D eigenvalue weighted by atomic mass is 19.2. The lowest BCUT2D eigenvalue weighted by molar-refractivity contribution is -0.157. The van der Waals surface area contributed by atoms with Gasteiger partial charge >= 0.3 is 0 Å². The van der Waals surface area contributed by atoms with E-state index in [1.165, 1.54) is 11.0 Å². The summed E-state index contributed by atoms with van der Waals surface area (Å²) in [7, 11) is 0. The van der Waals surface area contributed by atoms with Crippen LogP contribution in [-0.4, -0.2) is 52.9 Å². The molecule has 0 bridgehead atoms. The quantitative estimate of drug-likeness (QED) is 0.665. The van der Waals surface area contributed by atoms with Gasteiger partial charge in [-0.3, -0.25) is 4.79 Å². The summed E-state index contributed by atoms with van der Waals surface area (Å²) >= 11 is 0. The second-order valence-corrected chi connectivity index (χ2v) is 5.51. The zero-order valence-corrected chi connectivity index (χ0v) is 12.2. The van der Waals surface area contributed by atoms with Gasteiger partial charge in [-0.2, -0.15) is 0 Å². The lowest BCUT2D eigenvalue weighted by Crippen LogP contribution is -2.57. The van der Waals surface area contributed by atoms with Crippen LogP contribution in [0.2, 0.25) is 0 Å². The average molecular weight is 314 g/mol. The Morgan fingerprint density at radius 1 is 1.32 bits per heavy atom. The van der Waals surface area contributed by atoms with Crippen molar-refractivity contribution in [3.05, 3.63) is 35.4 Å². The molecule has 0 aromatic heterocycles. The molecule has 7 heteroatoms. The molecule has 1 unspecified atom stereocenters. The SMILES string of the molecule is O=C1N(Cc2ccc(F)c(F)c2)CCCC1(O)CNCCO. The van der Waals surface area contributed by atoms with E-state index in [0.29, 0.717) is 31.5 Å². The first-order valence-electron chi connectivity index (χ1n) is 7.23. The molecule has 3 N–H and O–H groups in total. The van der Waals surface area contributed by atoms with Crippen molar-refractivity contribution in [3.63, 3.8) is 0 Å². The van der Waals surface area contributed by atoms with Crippen LogP contribution in [-0.2, 0) is 11.3 Å². The molecule has 0 saturated carbocycles. The first-order valence-corrected chi connectivity index (χ1v) is 7.23. The maximum Gasteiger partial charge on any atom is 0.256 e. The standard InChI is InChI=1S/C15H20F2N2O3/c16-12-3-2-11(8-13(12)17)9-19-6-1-4-15(22,14(19)21)10-18-5-7-20/h2-3,8,18,20,22H,1,4-7,9-10H2. The number of amides is 1. The minimum atomic E-state index is -1.52. The average Bonchev–Trinajstić information content (AvgIpc) is 2.48. The Morgan fingerprint density at radius 2 is 2.09 bits per heavy atom. The number of hydrogen-bond acceptors (Lipinski definition) is 4. The summed E-state index contributed by atoms with van der Waals surface area (Å²) in [6, 6.07) is 3.50. The van der Waals surface area contributed by atoms with Gasteiger partial charge in [-0.25, -0.2) is 8.78 Å². The molecule has 1 fully saturated rings. The molecule has 0 radical (unpaired) electrons. The third-order valence-electron chi connectivity index (χ3n) is 3.77. The van der Waals surface area contributed by atoms with Crippen molar-refractivity contribution in [2.24, 2.45) is 0 Å². The van der Waals surface area contributed by atoms with Crippen LogP contribution >= 0.6 is 0 Å². The predicted molar refractivity (Wildman–Crippen MR) is 75.9 cm³/mol. The van der Waals surface area contributed by atoms with E-state index >= 15 is 0 Å². The van der Waals surface area contributed by atoms with E-state index in [4.69, 9.17) is 5.11 Å². The molecule has 1 atom stereocenters. The Kier molecular flexibility index (Phi) is 5.44. The van der Waals surface area contributed by atoms with E-state index in [9.17, 15) is 18.7 Å². The Hall–Kier alpha value is -1.57. The van der Waals surface area contributed by atoms with Crippen LogP contribution < -0.4 is 5.32 Å². The monoisotopic (exact) mass is 314 g/mol. The van der Waals surface area contributed by atoms with E-state index in [-0.39, 0.29) is 19.7 Å². The predicted octanol–water partition coefficient (Wildman–Crippen LogP) is 0.400. The molecule has 5 nitrogen and oxygen atoms in total. The van der Waals surface area contributed by atoms with Gasteiger partial charge < -0.3 is 20.4 Å². The van der Waals surface area contributed by atoms with Crippen LogP contribution in [0.15, 0.2) is 18.2 Å². The van der Waals surface area contributed by atoms with Crippen LogP contribution in [0.25, 0.3) is 0 Å². The third-order valence-corrected chi connectivity index (χ3v) is 3.77. The Morgan fingerprint density at radius 3 is 2.77 bits per heavy atom. The van der Waals surface area contributed by atoms with Crippen LogP contribution in [0.5, 0.6) is 0 Å². The molecule has 0 aliphatic carbocycles. The topological polar surface area (TPSA) is 72.8 Å². The van der Waals surface area contributed by atoms with Crippen molar-refractivity contribution >= 4 is 5.91 Å². The summed E-state index contributed by atoms with van der Waals surface area (Å²) in [5.74, 6) is -2.32. The highest BCUT2D eigenvalue weighted by Gasteiger charge is 2.41. The fraction of sp³-hybridized carbons (Fsp3) is 0.533. The van der Waals surface area contributed by atoms with Crippen molar-refractivity contribution in [2.75, 3.05) is 26.2 Å². The molecular weight excluding hydrogens is 294 g/mol. The highest BCUT2D eigenvalue weighted by Crippen LogP contribution is 2.24. The third kappa shape index (κ3) is 3.79. The molecular formula is C15H20F2N2O3. The van der Waals surface area contributed by atoms with E-state index in [0.717, 1.165) is 12.1 Å². The number of carbonyl (C=O) groups excluding carboxylic acids is 1. The van der Waals surface area contributed by atoms with Crippen molar-refractivity contribution in [1.82, 2.24) is 10.2 Å². The van der Waals surface area contributed by atoms with Gasteiger partial charge in [0.2, 0.25) is 0 Å². The fourth-order valence-corrected chi connectivity index (χ4v) is 2.61. The van der Waals surface area contributed by atoms with Crippen molar-refractivity contribution < 1.29 is 23.8 Å². The molecule has 1 aromatic carbocycles. The largest absolute Gasteiger partial charge is 0.395 e. The van der Waals surface area contributed by atoms with Gasteiger partial charge in [-0.05, 0) is 30.5 Å². The van der Waals surface area contributed by atoms with Gasteiger partial charge in [0.25, 0.3) is 5.91 Å². The van der Waals surface area contributed by atoms with E-state index in [1.54, 1.807) is 0 Å². The number of likely N-dealkylation sites (tertiary alicyclic amines) is 1. The first kappa shape index (κ1) is 16.8. The smallest absolute Gasteiger partial charge is 0.256 e. The minimum Gasteiger partial charge on any atom is -0.395 e. The Labute approximate surface area is 127 Å². The number of benzene rings is 1. The van der Waals surface area contributed by atoms with Gasteiger partial charge in [-0.1, -0.05) is 6.07 Å². The number of aliphatic hydroxyl groups excluding tert-OH is 1. The van der Waals surface area contributed by atoms with Crippen LogP contribution in [0.4, 0.5) is 8.78 Å². The lowest BCUT2D eigenvalue weighted by Gasteiger charge is -2.38. The number of aliphatic hydroxyl groups is 2. The molecule has 0 spiro atoms. The lowest BCUT2D eigenvalue weighted by atomic mass is 9.91. The number of halogens is 2. The van der Waals surface area contributed by atoms with Crippen molar-refractivity contribution in [3.8, 4) is 0 Å². The maximum absolute atomic E-state index is 13.2. The normalized spacial score (nSPS) is 22.2. The molecule has 2 rings (SSSR count). The minimum absolute atomic E-state index is 0.0562. The van der Waals surface area contributed by atoms with E-state index in [1.807, 2.05) is 0 Å². The molecule has 1 saturated heterocycles. The van der Waals surface area contributed by atoms with Gasteiger partial charge in [0, 0.05) is 26.2 Å². The van der Waals surface area contributed by atoms with Gasteiger partial charge in [0.15, 0.2) is 17.2 Å². The Balaban J connectivity index is 2.04. The number of nitrogens with zero attached hydrogens (tertiary/aromatic N) is 1. The summed E-state index contributed by atoms with van der Waals surface area (Å²) < 4.78 is 26.2. The zero-order valence-electron chi connectivity index (χ0n) is 12.2. The highest BCUT2D eigenvalue weighted by molar-refractivity contribution is 5.86. The fourth-order valence-electron chi connectivity index (χ4n) is 2.61. The van der Waals surface area contributed by atoms with Crippen LogP contribution in [0, 0.1) is 11.6 Å². The number of carbonyl (C=O) groups is 1. The number of nitrogens with one attached hydrogen (secondary N) is 1. The van der Waals surface area contributed by atoms with Gasteiger partial charge in [0.05, 0.1) is 6.61 Å². The number of piperidine rings is 1. The second kappa shape index (κ2) is 7.13. The van der Waals surface area contributed by atoms with Gasteiger partial charge in [0.1, 0.15) is 0 Å². The van der Waals surface area contributed by atoms with Crippen molar-refractivity contribution in [1.29, 1.82) is 0 Å². The molecule has 22 heavy (non-hydrogen) atoms. The molecule has 1 heterocycles. The van der Waals surface area contributed by atoms with E-state index in [2.05, 4.69) is 5.32 Å². The molecule has 1 aromatic rings. The zero-order chi connectivity index (χ0) is 16.2. The molecule has 122 valence electrons. The molecule has 1 aliphatic heterocycles. The van der Waals surface area contributed by atoms with Crippen LogP contribution in [0.3, 0.4) is 0 Å². The number of hydrogen-bond donors (Lipinski definition) is 3. The maximum atomic E-state index is 13.2. The summed E-state index contributed by atoms with van der Waals surface area (Å²) in [6.07, 6.45) is 0.950. The summed E-state index contributed by atoms with van der Waals surface area (Å²) in [4.78, 5) is 13.8. The van der Waals surface area contributed by atoms with Gasteiger partial charge in [-0.15, -0.1) is 0 Å².